The van der Waals surface area contributed by atoms with Gasteiger partial charge in [0.25, 0.3) is 0 Å². The van der Waals surface area contributed by atoms with E-state index in [1.807, 2.05) is 74.5 Å². The number of hydrogen-bond donors (Lipinski definition) is 0. The Labute approximate surface area is 306 Å². The van der Waals surface area contributed by atoms with E-state index in [-0.39, 0.29) is 10.9 Å². The summed E-state index contributed by atoms with van der Waals surface area (Å²) in [6.07, 6.45) is 0. The Hall–Kier alpha value is -5.02. The van der Waals surface area contributed by atoms with Crippen molar-refractivity contribution in [3.63, 3.8) is 0 Å². The number of hydrogen-bond acceptors (Lipinski definition) is 1. The topological polar surface area (TPSA) is 17.8 Å². The van der Waals surface area contributed by atoms with Crippen LogP contribution in [0, 0.1) is 0 Å². The predicted octanol–water partition coefficient (Wildman–Crippen LogP) is 2.53. The Morgan fingerprint density at radius 3 is 1.49 bits per heavy atom. The third-order valence-electron chi connectivity index (χ3n) is 10.8. The molecule has 9 rings (SSSR count). The van der Waals surface area contributed by atoms with Gasteiger partial charge in [0, 0.05) is 16.7 Å². The summed E-state index contributed by atoms with van der Waals surface area (Å²) in [7, 11) is 47.6. The maximum absolute atomic E-state index is 7.35. The second kappa shape index (κ2) is 11.2. The summed E-state index contributed by atoms with van der Waals surface area (Å²) in [4.78, 5) is 5.28. The fourth-order valence-corrected chi connectivity index (χ4v) is 8.52. The number of aromatic nitrogens is 2. The van der Waals surface area contributed by atoms with Crippen molar-refractivity contribution in [3.8, 4) is 39.3 Å². The fraction of sp³-hybridized carbons (Fsp3) is 0.0714. The van der Waals surface area contributed by atoms with Crippen molar-refractivity contribution < 1.29 is 0 Å². The molecule has 0 fully saturated rings. The van der Waals surface area contributed by atoms with Crippen LogP contribution in [0.5, 0.6) is 0 Å². The van der Waals surface area contributed by atoms with Gasteiger partial charge in [-0.05, 0) is 79.2 Å². The van der Waals surface area contributed by atoms with Gasteiger partial charge in [0.05, 0.1) is 11.0 Å². The lowest BCUT2D eigenvalue weighted by molar-refractivity contribution is 0.670. The van der Waals surface area contributed by atoms with Crippen LogP contribution in [-0.2, 0) is 5.41 Å². The maximum atomic E-state index is 7.35. The molecule has 0 unspecified atom stereocenters. The molecule has 0 saturated heterocycles. The summed E-state index contributed by atoms with van der Waals surface area (Å²) in [5.41, 5.74) is 9.85. The van der Waals surface area contributed by atoms with Gasteiger partial charge in [0.15, 0.2) is 0 Å². The highest BCUT2D eigenvalue weighted by atomic mass is 15.1. The quantitative estimate of drug-likeness (QED) is 0.217. The van der Waals surface area contributed by atoms with Gasteiger partial charge in [-0.25, -0.2) is 4.98 Å². The SMILES string of the molecule is [B]c1c([B])c([B])c2c(c1[B])-c1c([B])c([B])c(-c3c4ccccc4c(-c4nc5ccccc5n4-c4ccccc4)c4ccccc34)c([B])c1C2(C)C. The monoisotopic (exact) mass is 632 g/mol. The number of nitrogens with zero attached hydrogens (tertiary/aromatic N) is 2. The molecule has 7 aromatic carbocycles. The molecule has 1 aliphatic carbocycles. The third-order valence-corrected chi connectivity index (χ3v) is 10.8. The molecule has 0 bridgehead atoms. The third kappa shape index (κ3) is 4.24. The summed E-state index contributed by atoms with van der Waals surface area (Å²) >= 11 is 0. The average Bonchev–Trinajstić information content (AvgIpc) is 3.64. The lowest BCUT2D eigenvalue weighted by atomic mass is 9.61. The minimum Gasteiger partial charge on any atom is -0.292 e. The van der Waals surface area contributed by atoms with Crippen molar-refractivity contribution in [2.45, 2.75) is 19.3 Å². The molecule has 0 spiro atoms. The molecule has 0 aliphatic heterocycles. The van der Waals surface area contributed by atoms with E-state index in [4.69, 9.17) is 59.9 Å². The van der Waals surface area contributed by atoms with Gasteiger partial charge in [-0.15, -0.1) is 10.9 Å². The first-order valence-corrected chi connectivity index (χ1v) is 16.8. The van der Waals surface area contributed by atoms with Gasteiger partial charge in [-0.2, -0.15) is 0 Å². The number of imidazole rings is 1. The van der Waals surface area contributed by atoms with E-state index in [9.17, 15) is 0 Å². The molecule has 2 nitrogen and oxygen atoms in total. The maximum Gasteiger partial charge on any atom is 0.146 e. The molecule has 51 heavy (non-hydrogen) atoms. The molecular formula is C42H23B7N2. The first-order chi connectivity index (χ1) is 24.5. The van der Waals surface area contributed by atoms with Gasteiger partial charge < -0.3 is 0 Å². The first-order valence-electron chi connectivity index (χ1n) is 16.8. The van der Waals surface area contributed by atoms with Crippen LogP contribution in [-0.4, -0.2) is 64.5 Å². The molecule has 1 heterocycles. The largest absolute Gasteiger partial charge is 0.292 e. The van der Waals surface area contributed by atoms with Crippen LogP contribution in [0.15, 0.2) is 103 Å². The molecule has 9 heteroatoms. The molecule has 0 N–H and O–H groups in total. The van der Waals surface area contributed by atoms with Crippen molar-refractivity contribution in [2.75, 3.05) is 0 Å². The minimum atomic E-state index is -0.725. The molecule has 8 aromatic rings. The lowest BCUT2D eigenvalue weighted by Crippen LogP contribution is -2.51. The Morgan fingerprint density at radius 2 is 0.882 bits per heavy atom. The molecule has 0 amide bonds. The van der Waals surface area contributed by atoms with Crippen molar-refractivity contribution in [1.29, 1.82) is 0 Å². The van der Waals surface area contributed by atoms with Gasteiger partial charge in [0.2, 0.25) is 0 Å². The number of fused-ring (bicyclic) bond motifs is 6. The average molecular weight is 631 g/mol. The predicted molar refractivity (Wildman–Crippen MR) is 222 cm³/mol. The van der Waals surface area contributed by atoms with E-state index in [1.54, 1.807) is 0 Å². The number of benzene rings is 7. The summed E-state index contributed by atoms with van der Waals surface area (Å²) in [5.74, 6) is 0.827. The molecule has 1 aromatic heterocycles. The van der Waals surface area contributed by atoms with Crippen molar-refractivity contribution in [2.24, 2.45) is 0 Å². The van der Waals surface area contributed by atoms with E-state index in [0.717, 1.165) is 66.3 Å². The van der Waals surface area contributed by atoms with Crippen LogP contribution in [0.2, 0.25) is 0 Å². The first kappa shape index (κ1) is 31.9. The van der Waals surface area contributed by atoms with Gasteiger partial charge in [-0.1, -0.05) is 120 Å². The van der Waals surface area contributed by atoms with Crippen molar-refractivity contribution in [1.82, 2.24) is 9.55 Å². The Kier molecular flexibility index (Phi) is 7.04. The van der Waals surface area contributed by atoms with E-state index in [1.165, 1.54) is 0 Å². The molecular weight excluding hydrogens is 608 g/mol. The zero-order valence-electron chi connectivity index (χ0n) is 28.3. The van der Waals surface area contributed by atoms with Crippen LogP contribution in [0.3, 0.4) is 0 Å². The minimum absolute atomic E-state index is 0.213. The normalized spacial score (nSPS) is 13.2. The Morgan fingerprint density at radius 1 is 0.431 bits per heavy atom. The second-order valence-corrected chi connectivity index (χ2v) is 13.8. The van der Waals surface area contributed by atoms with Crippen molar-refractivity contribution >= 4 is 126 Å². The summed E-state index contributed by atoms with van der Waals surface area (Å²) < 4.78 is 2.23. The van der Waals surface area contributed by atoms with E-state index in [2.05, 4.69) is 47.0 Å². The smallest absolute Gasteiger partial charge is 0.146 e. The van der Waals surface area contributed by atoms with Gasteiger partial charge in [-0.3, -0.25) is 4.57 Å². The second-order valence-electron chi connectivity index (χ2n) is 13.8. The van der Waals surface area contributed by atoms with Crippen molar-refractivity contribution in [3.05, 3.63) is 114 Å². The molecule has 222 valence electrons. The Bertz CT molecular complexity index is 2750. The summed E-state index contributed by atoms with van der Waals surface area (Å²) in [6, 6.07) is 35.1. The van der Waals surface area contributed by atoms with E-state index in [0.29, 0.717) is 44.0 Å². The Balaban J connectivity index is 1.43. The summed E-state index contributed by atoms with van der Waals surface area (Å²) in [6.45, 7) is 4.10. The fourth-order valence-electron chi connectivity index (χ4n) is 8.52. The molecule has 0 atom stereocenters. The highest BCUT2D eigenvalue weighted by Gasteiger charge is 2.41. The zero-order chi connectivity index (χ0) is 35.5. The number of rotatable bonds is 3. The van der Waals surface area contributed by atoms with Crippen LogP contribution in [0.4, 0.5) is 0 Å². The van der Waals surface area contributed by atoms with Gasteiger partial charge in [0.1, 0.15) is 60.7 Å². The molecule has 0 saturated carbocycles. The standard InChI is InChI=1S/C42H23B7N2/c1-42(2)32-29(30-33(42)38(47)40(49)39(48)36(30)45)35(44)37(46)31(34(32)43)27-21-14-6-8-16-23(21)28(24-17-9-7-15-22(24)27)41-50-25-18-10-11-19-26(25)51(41)20-12-4-3-5-13-20/h3-19H,1-2H3. The zero-order valence-corrected chi connectivity index (χ0v) is 28.3. The van der Waals surface area contributed by atoms with E-state index < -0.39 is 5.41 Å². The van der Waals surface area contributed by atoms with Gasteiger partial charge >= 0.3 is 0 Å². The molecule has 14 radical (unpaired) electrons. The summed E-state index contributed by atoms with van der Waals surface area (Å²) in [5, 5.41) is 3.90. The van der Waals surface area contributed by atoms with Crippen LogP contribution >= 0.6 is 0 Å². The van der Waals surface area contributed by atoms with Crippen LogP contribution in [0.25, 0.3) is 71.9 Å². The van der Waals surface area contributed by atoms with Crippen LogP contribution < -0.4 is 38.2 Å². The van der Waals surface area contributed by atoms with E-state index >= 15 is 0 Å². The highest BCUT2D eigenvalue weighted by molar-refractivity contribution is 6.65. The highest BCUT2D eigenvalue weighted by Crippen LogP contribution is 2.48. The molecule has 1 aliphatic rings. The lowest BCUT2D eigenvalue weighted by Gasteiger charge is -2.30. The van der Waals surface area contributed by atoms with Crippen LogP contribution in [0.1, 0.15) is 25.0 Å². The number of para-hydroxylation sites is 3.